The van der Waals surface area contributed by atoms with Gasteiger partial charge in [-0.2, -0.15) is 0 Å². The number of hydrogen-bond acceptors (Lipinski definition) is 6. The molecule has 0 aliphatic carbocycles. The first-order chi connectivity index (χ1) is 21.3. The van der Waals surface area contributed by atoms with Gasteiger partial charge in [0.15, 0.2) is 23.1 Å². The van der Waals surface area contributed by atoms with Crippen LogP contribution in [0.1, 0.15) is 0 Å². The largest absolute Gasteiger partial charge is 0.435 e. The molecule has 0 aliphatic rings. The zero-order valence-electron chi connectivity index (χ0n) is 22.9. The van der Waals surface area contributed by atoms with Crippen molar-refractivity contribution < 1.29 is 4.42 Å². The third kappa shape index (κ3) is 4.71. The van der Waals surface area contributed by atoms with Crippen LogP contribution in [-0.2, 0) is 0 Å². The molecule has 0 unspecified atom stereocenters. The zero-order chi connectivity index (χ0) is 28.6. The van der Waals surface area contributed by atoms with Gasteiger partial charge in [0, 0.05) is 27.6 Å². The van der Waals surface area contributed by atoms with Crippen molar-refractivity contribution in [2.45, 2.75) is 0 Å². The Labute approximate surface area is 247 Å². The van der Waals surface area contributed by atoms with E-state index < -0.39 is 0 Å². The number of aromatic nitrogens is 5. The summed E-state index contributed by atoms with van der Waals surface area (Å²) >= 11 is 0. The Morgan fingerprint density at radius 1 is 0.395 bits per heavy atom. The Kier molecular flexibility index (Phi) is 6.01. The number of nitrogens with zero attached hydrogens (tertiary/aromatic N) is 5. The first kappa shape index (κ1) is 24.8. The van der Waals surface area contributed by atoms with E-state index in [0.29, 0.717) is 29.1 Å². The molecule has 3 heterocycles. The van der Waals surface area contributed by atoms with Gasteiger partial charge in [-0.1, -0.05) is 97.1 Å². The molecule has 5 aromatic carbocycles. The lowest BCUT2D eigenvalue weighted by Gasteiger charge is -2.09. The van der Waals surface area contributed by atoms with Crippen LogP contribution in [-0.4, -0.2) is 24.9 Å². The van der Waals surface area contributed by atoms with Crippen molar-refractivity contribution in [1.82, 2.24) is 24.9 Å². The molecule has 8 rings (SSSR count). The summed E-state index contributed by atoms with van der Waals surface area (Å²) < 4.78 is 6.24. The fraction of sp³-hybridized carbons (Fsp3) is 0. The fourth-order valence-corrected chi connectivity index (χ4v) is 5.22. The van der Waals surface area contributed by atoms with E-state index in [0.717, 1.165) is 49.8 Å². The number of pyridine rings is 1. The molecule has 8 aromatic rings. The first-order valence-corrected chi connectivity index (χ1v) is 14.0. The molecule has 0 spiro atoms. The van der Waals surface area contributed by atoms with Crippen LogP contribution in [0.25, 0.3) is 78.9 Å². The molecule has 0 saturated heterocycles. The minimum absolute atomic E-state index is 0.521. The molecular formula is C37H23N5O. The van der Waals surface area contributed by atoms with Crippen molar-refractivity contribution in [1.29, 1.82) is 0 Å². The van der Waals surface area contributed by atoms with E-state index in [1.165, 1.54) is 0 Å². The molecule has 3 aromatic heterocycles. The number of benzene rings is 5. The standard InChI is InChI=1S/C37H23N5O/c1-4-11-24(12-5-1)34-40-35(25-13-6-2-7-14-25)42-36(41-34)32-18-10-17-30(38-32)28-19-21-29-27(23-28)20-22-31-33(29)43-37(39-31)26-15-8-3-9-16-26/h1-23H. The Hall–Kier alpha value is -6.01. The summed E-state index contributed by atoms with van der Waals surface area (Å²) in [6.07, 6.45) is 0. The second kappa shape index (κ2) is 10.4. The molecule has 0 radical (unpaired) electrons. The Morgan fingerprint density at radius 3 is 1.67 bits per heavy atom. The third-order valence-corrected chi connectivity index (χ3v) is 7.36. The van der Waals surface area contributed by atoms with E-state index in [9.17, 15) is 0 Å². The highest BCUT2D eigenvalue weighted by Gasteiger charge is 2.15. The van der Waals surface area contributed by atoms with Gasteiger partial charge >= 0.3 is 0 Å². The van der Waals surface area contributed by atoms with E-state index in [2.05, 4.69) is 24.3 Å². The molecule has 0 atom stereocenters. The summed E-state index contributed by atoms with van der Waals surface area (Å²) in [4.78, 5) is 24.2. The fourth-order valence-electron chi connectivity index (χ4n) is 5.22. The van der Waals surface area contributed by atoms with Gasteiger partial charge in [-0.3, -0.25) is 0 Å². The SMILES string of the molecule is c1ccc(-c2nc(-c3ccccc3)nc(-c3cccc(-c4ccc5c(ccc6nc(-c7ccccc7)oc65)c4)n3)n2)cc1. The van der Waals surface area contributed by atoms with Gasteiger partial charge in [-0.05, 0) is 47.9 Å². The van der Waals surface area contributed by atoms with Gasteiger partial charge in [-0.15, -0.1) is 0 Å². The summed E-state index contributed by atoms with van der Waals surface area (Å²) in [5.74, 6) is 2.34. The summed E-state index contributed by atoms with van der Waals surface area (Å²) in [6.45, 7) is 0. The minimum atomic E-state index is 0.521. The van der Waals surface area contributed by atoms with E-state index in [1.807, 2.05) is 115 Å². The Morgan fingerprint density at radius 2 is 1.00 bits per heavy atom. The number of fused-ring (bicyclic) bond motifs is 3. The molecule has 0 fully saturated rings. The third-order valence-electron chi connectivity index (χ3n) is 7.36. The maximum atomic E-state index is 6.24. The van der Waals surface area contributed by atoms with Crippen molar-refractivity contribution >= 4 is 21.9 Å². The van der Waals surface area contributed by atoms with Gasteiger partial charge < -0.3 is 4.42 Å². The van der Waals surface area contributed by atoms with Gasteiger partial charge in [-0.25, -0.2) is 24.9 Å². The Bertz CT molecular complexity index is 2170. The van der Waals surface area contributed by atoms with E-state index in [4.69, 9.17) is 29.3 Å². The topological polar surface area (TPSA) is 77.6 Å². The zero-order valence-corrected chi connectivity index (χ0v) is 22.9. The van der Waals surface area contributed by atoms with Crippen LogP contribution in [0.15, 0.2) is 144 Å². The van der Waals surface area contributed by atoms with E-state index in [-0.39, 0.29) is 0 Å². The van der Waals surface area contributed by atoms with Crippen molar-refractivity contribution in [3.05, 3.63) is 140 Å². The molecule has 0 saturated carbocycles. The summed E-state index contributed by atoms with van der Waals surface area (Å²) in [5, 5.41) is 2.05. The van der Waals surface area contributed by atoms with Crippen LogP contribution >= 0.6 is 0 Å². The summed E-state index contributed by atoms with van der Waals surface area (Å²) in [7, 11) is 0. The molecular weight excluding hydrogens is 530 g/mol. The maximum absolute atomic E-state index is 6.24. The van der Waals surface area contributed by atoms with Gasteiger partial charge in [0.05, 0.1) is 5.69 Å². The molecule has 43 heavy (non-hydrogen) atoms. The van der Waals surface area contributed by atoms with Crippen LogP contribution < -0.4 is 0 Å². The lowest BCUT2D eigenvalue weighted by molar-refractivity contribution is 0.623. The quantitative estimate of drug-likeness (QED) is 0.212. The second-order valence-corrected chi connectivity index (χ2v) is 10.2. The summed E-state index contributed by atoms with van der Waals surface area (Å²) in [6, 6.07) is 46.1. The molecule has 0 bridgehead atoms. The smallest absolute Gasteiger partial charge is 0.227 e. The highest BCUT2D eigenvalue weighted by atomic mass is 16.3. The maximum Gasteiger partial charge on any atom is 0.227 e. The van der Waals surface area contributed by atoms with E-state index in [1.54, 1.807) is 0 Å². The van der Waals surface area contributed by atoms with Crippen LogP contribution in [0.2, 0.25) is 0 Å². The lowest BCUT2D eigenvalue weighted by atomic mass is 10.0. The number of oxazole rings is 1. The lowest BCUT2D eigenvalue weighted by Crippen LogP contribution is -2.01. The molecule has 6 nitrogen and oxygen atoms in total. The molecule has 202 valence electrons. The van der Waals surface area contributed by atoms with Crippen molar-refractivity contribution in [2.75, 3.05) is 0 Å². The predicted octanol–water partition coefficient (Wildman–Crippen LogP) is 8.90. The van der Waals surface area contributed by atoms with Crippen molar-refractivity contribution in [2.24, 2.45) is 0 Å². The van der Waals surface area contributed by atoms with Crippen LogP contribution in [0.5, 0.6) is 0 Å². The highest BCUT2D eigenvalue weighted by molar-refractivity contribution is 6.04. The molecule has 0 amide bonds. The van der Waals surface area contributed by atoms with Gasteiger partial charge in [0.2, 0.25) is 5.89 Å². The predicted molar refractivity (Wildman–Crippen MR) is 170 cm³/mol. The van der Waals surface area contributed by atoms with Crippen molar-refractivity contribution in [3.8, 4) is 57.0 Å². The first-order valence-electron chi connectivity index (χ1n) is 14.0. The Balaban J connectivity index is 1.20. The van der Waals surface area contributed by atoms with Crippen molar-refractivity contribution in [3.63, 3.8) is 0 Å². The molecule has 6 heteroatoms. The van der Waals surface area contributed by atoms with Crippen LogP contribution in [0.3, 0.4) is 0 Å². The molecule has 0 N–H and O–H groups in total. The van der Waals surface area contributed by atoms with Gasteiger partial charge in [0.1, 0.15) is 11.2 Å². The average molecular weight is 554 g/mol. The summed E-state index contributed by atoms with van der Waals surface area (Å²) in [5.41, 5.74) is 6.88. The average Bonchev–Trinajstić information content (AvgIpc) is 3.54. The molecule has 0 aliphatic heterocycles. The van der Waals surface area contributed by atoms with Gasteiger partial charge in [0.25, 0.3) is 0 Å². The second-order valence-electron chi connectivity index (χ2n) is 10.2. The highest BCUT2D eigenvalue weighted by Crippen LogP contribution is 2.33. The van der Waals surface area contributed by atoms with Crippen LogP contribution in [0, 0.1) is 0 Å². The van der Waals surface area contributed by atoms with Crippen LogP contribution in [0.4, 0.5) is 0 Å². The van der Waals surface area contributed by atoms with E-state index >= 15 is 0 Å². The number of rotatable bonds is 5. The normalized spacial score (nSPS) is 11.3. The monoisotopic (exact) mass is 553 g/mol. The minimum Gasteiger partial charge on any atom is -0.435 e. The number of hydrogen-bond donors (Lipinski definition) is 0.